The lowest BCUT2D eigenvalue weighted by Crippen LogP contribution is -2.48. The Morgan fingerprint density at radius 3 is 1.65 bits per heavy atom. The number of likely N-dealkylation sites (tertiary alicyclic amines) is 2. The third kappa shape index (κ3) is 21.2. The van der Waals surface area contributed by atoms with Crippen LogP contribution >= 0.6 is 0 Å². The minimum Gasteiger partial charge on any atom is -0.465 e. The van der Waals surface area contributed by atoms with Gasteiger partial charge in [-0.05, 0) is 153 Å². The summed E-state index contributed by atoms with van der Waals surface area (Å²) in [6.45, 7) is 12.4. The minimum atomic E-state index is -0.365. The Morgan fingerprint density at radius 2 is 1.05 bits per heavy atom. The molecular formula is C54H94N2O6. The van der Waals surface area contributed by atoms with Gasteiger partial charge in [0.1, 0.15) is 19.8 Å². The lowest BCUT2D eigenvalue weighted by atomic mass is 9.68. The number of hydrogen-bond acceptors (Lipinski definition) is 8. The Hall–Kier alpha value is -2.19. The Balaban J connectivity index is 1.13. The van der Waals surface area contributed by atoms with Gasteiger partial charge in [-0.1, -0.05) is 122 Å². The Bertz CT molecular complexity index is 1240. The molecule has 4 rings (SSSR count). The maximum Gasteiger partial charge on any atom is 0.309 e. The Morgan fingerprint density at radius 1 is 0.532 bits per heavy atom. The normalized spacial score (nSPS) is 24.1. The number of nitrogens with zero attached hydrogens (tertiary/aromatic N) is 2. The van der Waals surface area contributed by atoms with E-state index in [1.54, 1.807) is 0 Å². The van der Waals surface area contributed by atoms with Crippen molar-refractivity contribution in [2.45, 2.75) is 213 Å². The fourth-order valence-corrected chi connectivity index (χ4v) is 10.9. The van der Waals surface area contributed by atoms with Crippen molar-refractivity contribution in [2.75, 3.05) is 52.5 Å². The SMILES string of the molecule is CCCCC/C=C\C/C=C\CCCCCCCCC(=O)OCC(COC(=O)C1CCC(C2CCC(CCCCC)CC2)CC1)COC(=O)C1CCN(C2CCN(CC)CC2)CC1. The molecule has 1 unspecified atom stereocenters. The van der Waals surface area contributed by atoms with Crippen LogP contribution in [0.1, 0.15) is 207 Å². The van der Waals surface area contributed by atoms with Gasteiger partial charge in [0.15, 0.2) is 0 Å². The van der Waals surface area contributed by atoms with Gasteiger partial charge in [-0.3, -0.25) is 14.4 Å². The predicted octanol–water partition coefficient (Wildman–Crippen LogP) is 12.8. The van der Waals surface area contributed by atoms with Crippen LogP contribution in [0.25, 0.3) is 0 Å². The molecule has 8 nitrogen and oxygen atoms in total. The molecule has 356 valence electrons. The average molecular weight is 867 g/mol. The molecule has 2 heterocycles. The largest absolute Gasteiger partial charge is 0.465 e. The Labute approximate surface area is 380 Å². The predicted molar refractivity (Wildman–Crippen MR) is 255 cm³/mol. The first-order chi connectivity index (χ1) is 30.4. The molecule has 62 heavy (non-hydrogen) atoms. The van der Waals surface area contributed by atoms with Crippen LogP contribution in [-0.4, -0.2) is 86.3 Å². The molecule has 0 aromatic carbocycles. The number of unbranched alkanes of at least 4 members (excludes halogenated alkanes) is 11. The van der Waals surface area contributed by atoms with Gasteiger partial charge < -0.3 is 24.0 Å². The van der Waals surface area contributed by atoms with Crippen LogP contribution in [-0.2, 0) is 28.6 Å². The van der Waals surface area contributed by atoms with E-state index in [0.29, 0.717) is 12.5 Å². The molecule has 4 aliphatic rings. The van der Waals surface area contributed by atoms with E-state index in [1.807, 2.05) is 0 Å². The molecule has 4 fully saturated rings. The van der Waals surface area contributed by atoms with Gasteiger partial charge in [0.05, 0.1) is 17.8 Å². The highest BCUT2D eigenvalue weighted by atomic mass is 16.6. The molecular weight excluding hydrogens is 773 g/mol. The fourth-order valence-electron chi connectivity index (χ4n) is 10.9. The lowest BCUT2D eigenvalue weighted by molar-refractivity contribution is -0.158. The van der Waals surface area contributed by atoms with Crippen molar-refractivity contribution < 1.29 is 28.6 Å². The smallest absolute Gasteiger partial charge is 0.309 e. The molecule has 0 aromatic rings. The molecule has 2 aliphatic heterocycles. The average Bonchev–Trinajstić information content (AvgIpc) is 3.31. The molecule has 2 saturated carbocycles. The van der Waals surface area contributed by atoms with Crippen LogP contribution in [0.5, 0.6) is 0 Å². The second kappa shape index (κ2) is 32.5. The van der Waals surface area contributed by atoms with E-state index < -0.39 is 0 Å². The van der Waals surface area contributed by atoms with E-state index in [4.69, 9.17) is 14.2 Å². The van der Waals surface area contributed by atoms with Crippen LogP contribution in [0.4, 0.5) is 0 Å². The summed E-state index contributed by atoms with van der Waals surface area (Å²) in [5.41, 5.74) is 0. The van der Waals surface area contributed by atoms with Gasteiger partial charge in [0.25, 0.3) is 0 Å². The van der Waals surface area contributed by atoms with E-state index in [9.17, 15) is 14.4 Å². The van der Waals surface area contributed by atoms with Crippen LogP contribution < -0.4 is 0 Å². The first kappa shape index (κ1) is 52.4. The van der Waals surface area contributed by atoms with Crippen molar-refractivity contribution in [1.82, 2.24) is 9.80 Å². The van der Waals surface area contributed by atoms with Gasteiger partial charge in [-0.2, -0.15) is 0 Å². The Kier molecular flexibility index (Phi) is 27.5. The second-order valence-corrected chi connectivity index (χ2v) is 20.0. The summed E-state index contributed by atoms with van der Waals surface area (Å²) in [6, 6.07) is 0.619. The van der Waals surface area contributed by atoms with Gasteiger partial charge in [0, 0.05) is 12.5 Å². The zero-order valence-electron chi connectivity index (χ0n) is 40.4. The number of allylic oxidation sites excluding steroid dienone is 4. The first-order valence-electron chi connectivity index (χ1n) is 26.6. The van der Waals surface area contributed by atoms with Crippen LogP contribution in [0.2, 0.25) is 0 Å². The highest BCUT2D eigenvalue weighted by Crippen LogP contribution is 2.42. The number of hydrogen-bond donors (Lipinski definition) is 0. The number of rotatable bonds is 30. The monoisotopic (exact) mass is 867 g/mol. The van der Waals surface area contributed by atoms with Crippen molar-refractivity contribution >= 4 is 17.9 Å². The van der Waals surface area contributed by atoms with E-state index in [-0.39, 0.29) is 55.5 Å². The molecule has 8 heteroatoms. The van der Waals surface area contributed by atoms with Gasteiger partial charge >= 0.3 is 17.9 Å². The number of ether oxygens (including phenoxy) is 3. The molecule has 0 aromatic heterocycles. The topological polar surface area (TPSA) is 85.4 Å². The molecule has 2 saturated heterocycles. The summed E-state index contributed by atoms with van der Waals surface area (Å²) < 4.78 is 17.6. The highest BCUT2D eigenvalue weighted by Gasteiger charge is 2.35. The molecule has 2 aliphatic carbocycles. The van der Waals surface area contributed by atoms with Crippen molar-refractivity contribution in [3.63, 3.8) is 0 Å². The van der Waals surface area contributed by atoms with Crippen molar-refractivity contribution in [3.8, 4) is 0 Å². The van der Waals surface area contributed by atoms with Gasteiger partial charge in [-0.25, -0.2) is 0 Å². The summed E-state index contributed by atoms with van der Waals surface area (Å²) in [7, 11) is 0. The number of piperidine rings is 2. The zero-order chi connectivity index (χ0) is 44.0. The van der Waals surface area contributed by atoms with Crippen molar-refractivity contribution in [2.24, 2.45) is 35.5 Å². The third-order valence-electron chi connectivity index (χ3n) is 15.2. The summed E-state index contributed by atoms with van der Waals surface area (Å²) >= 11 is 0. The lowest BCUT2D eigenvalue weighted by Gasteiger charge is -2.41. The maximum absolute atomic E-state index is 13.4. The highest BCUT2D eigenvalue weighted by molar-refractivity contribution is 5.73. The van der Waals surface area contributed by atoms with Gasteiger partial charge in [-0.15, -0.1) is 0 Å². The fraction of sp³-hybridized carbons (Fsp3) is 0.870. The van der Waals surface area contributed by atoms with Crippen molar-refractivity contribution in [3.05, 3.63) is 24.3 Å². The second-order valence-electron chi connectivity index (χ2n) is 20.0. The van der Waals surface area contributed by atoms with Crippen molar-refractivity contribution in [1.29, 1.82) is 0 Å². The van der Waals surface area contributed by atoms with Crippen LogP contribution in [0.3, 0.4) is 0 Å². The maximum atomic E-state index is 13.4. The zero-order valence-corrected chi connectivity index (χ0v) is 40.4. The van der Waals surface area contributed by atoms with E-state index in [2.05, 4.69) is 54.9 Å². The van der Waals surface area contributed by atoms with Gasteiger partial charge in [0.2, 0.25) is 0 Å². The van der Waals surface area contributed by atoms with E-state index >= 15 is 0 Å². The standard InChI is InChI=1S/C54H94N2O6/c1-4-7-9-10-11-12-13-14-15-16-17-18-19-20-21-23-25-52(57)60-42-46(44-62-54(59)50-34-40-56(41-35-50)51-36-38-55(6-3)39-37-51)43-61-53(58)49-32-30-48(31-33-49)47-28-26-45(27-29-47)24-22-8-5-2/h11-12,14-15,45-51H,4-10,13,16-44H2,1-3H3/b12-11-,15-14-. The van der Waals surface area contributed by atoms with Crippen LogP contribution in [0, 0.1) is 35.5 Å². The summed E-state index contributed by atoms with van der Waals surface area (Å²) in [6.07, 6.45) is 42.5. The minimum absolute atomic E-state index is 0.0643. The quantitative estimate of drug-likeness (QED) is 0.0305. The number of carbonyl (C=O) groups excluding carboxylic acids is 3. The summed E-state index contributed by atoms with van der Waals surface area (Å²) in [5.74, 6) is 1.44. The molecule has 0 amide bonds. The molecule has 0 N–H and O–H groups in total. The summed E-state index contributed by atoms with van der Waals surface area (Å²) in [5, 5.41) is 0. The molecule has 0 bridgehead atoms. The summed E-state index contributed by atoms with van der Waals surface area (Å²) in [4.78, 5) is 44.7. The third-order valence-corrected chi connectivity index (χ3v) is 15.2. The van der Waals surface area contributed by atoms with Crippen LogP contribution in [0.15, 0.2) is 24.3 Å². The van der Waals surface area contributed by atoms with E-state index in [1.165, 1.54) is 109 Å². The first-order valence-corrected chi connectivity index (χ1v) is 26.6. The molecule has 0 radical (unpaired) electrons. The number of carbonyl (C=O) groups is 3. The molecule has 0 spiro atoms. The number of esters is 3. The van der Waals surface area contributed by atoms with E-state index in [0.717, 1.165) is 121 Å². The molecule has 1 atom stereocenters.